The molecule has 0 aliphatic carbocycles. The molecule has 0 unspecified atom stereocenters. The van der Waals surface area contributed by atoms with Crippen LogP contribution in [0.3, 0.4) is 0 Å². The van der Waals surface area contributed by atoms with Crippen LogP contribution in [0.4, 0.5) is 5.95 Å². The SMILES string of the molecule is CCn1ccnc1NCCCCCCCl. The molecule has 1 rings (SSSR count). The summed E-state index contributed by atoms with van der Waals surface area (Å²) in [6, 6.07) is 0. The minimum absolute atomic E-state index is 0.785. The minimum Gasteiger partial charge on any atom is -0.356 e. The molecule has 4 heteroatoms. The Morgan fingerprint density at radius 1 is 1.33 bits per heavy atom. The van der Waals surface area contributed by atoms with Gasteiger partial charge in [-0.2, -0.15) is 0 Å². The maximum atomic E-state index is 5.61. The molecule has 1 N–H and O–H groups in total. The first-order chi connectivity index (χ1) is 7.38. The molecule has 15 heavy (non-hydrogen) atoms. The van der Waals surface area contributed by atoms with Gasteiger partial charge in [0.1, 0.15) is 0 Å². The fraction of sp³-hybridized carbons (Fsp3) is 0.727. The quantitative estimate of drug-likeness (QED) is 0.548. The maximum Gasteiger partial charge on any atom is 0.202 e. The van der Waals surface area contributed by atoms with E-state index >= 15 is 0 Å². The van der Waals surface area contributed by atoms with E-state index in [4.69, 9.17) is 11.6 Å². The van der Waals surface area contributed by atoms with E-state index in [9.17, 15) is 0 Å². The lowest BCUT2D eigenvalue weighted by Gasteiger charge is -2.07. The molecule has 0 aromatic carbocycles. The number of imidazole rings is 1. The first-order valence-corrected chi connectivity index (χ1v) is 6.23. The molecule has 1 aromatic heterocycles. The van der Waals surface area contributed by atoms with Crippen LogP contribution in [0.25, 0.3) is 0 Å². The van der Waals surface area contributed by atoms with Gasteiger partial charge in [-0.05, 0) is 19.8 Å². The lowest BCUT2D eigenvalue weighted by atomic mass is 10.2. The minimum atomic E-state index is 0.785. The number of alkyl halides is 1. The Hall–Kier alpha value is -0.700. The Bertz CT molecular complexity index is 260. The topological polar surface area (TPSA) is 29.9 Å². The summed E-state index contributed by atoms with van der Waals surface area (Å²) < 4.78 is 2.11. The molecule has 1 heterocycles. The largest absolute Gasteiger partial charge is 0.356 e. The van der Waals surface area contributed by atoms with E-state index in [-0.39, 0.29) is 0 Å². The molecule has 3 nitrogen and oxygen atoms in total. The van der Waals surface area contributed by atoms with Gasteiger partial charge in [0.15, 0.2) is 0 Å². The summed E-state index contributed by atoms with van der Waals surface area (Å²) in [6.45, 7) is 4.08. The Labute approximate surface area is 96.8 Å². The number of aryl methyl sites for hydroxylation is 1. The second-order valence-electron chi connectivity index (χ2n) is 3.57. The lowest BCUT2D eigenvalue weighted by molar-refractivity contribution is 0.680. The van der Waals surface area contributed by atoms with Gasteiger partial charge in [-0.25, -0.2) is 4.98 Å². The first kappa shape index (κ1) is 12.4. The van der Waals surface area contributed by atoms with Crippen molar-refractivity contribution in [1.29, 1.82) is 0 Å². The number of halogens is 1. The van der Waals surface area contributed by atoms with Crippen LogP contribution in [-0.2, 0) is 6.54 Å². The molecular weight excluding hydrogens is 210 g/mol. The number of aromatic nitrogens is 2. The molecule has 0 aliphatic heterocycles. The highest BCUT2D eigenvalue weighted by molar-refractivity contribution is 6.17. The molecule has 1 aromatic rings. The molecule has 0 bridgehead atoms. The highest BCUT2D eigenvalue weighted by Crippen LogP contribution is 2.05. The number of rotatable bonds is 8. The molecule has 0 saturated heterocycles. The van der Waals surface area contributed by atoms with Gasteiger partial charge in [0.25, 0.3) is 0 Å². The van der Waals surface area contributed by atoms with Gasteiger partial charge in [0.2, 0.25) is 5.95 Å². The molecule has 0 radical (unpaired) electrons. The van der Waals surface area contributed by atoms with E-state index in [0.717, 1.165) is 31.3 Å². The predicted molar refractivity (Wildman–Crippen MR) is 65.6 cm³/mol. The molecule has 0 atom stereocenters. The Morgan fingerprint density at radius 2 is 2.13 bits per heavy atom. The fourth-order valence-electron chi connectivity index (χ4n) is 1.50. The van der Waals surface area contributed by atoms with Crippen LogP contribution in [0.2, 0.25) is 0 Å². The van der Waals surface area contributed by atoms with Crippen LogP contribution >= 0.6 is 11.6 Å². The monoisotopic (exact) mass is 229 g/mol. The van der Waals surface area contributed by atoms with Gasteiger partial charge >= 0.3 is 0 Å². The van der Waals surface area contributed by atoms with Crippen molar-refractivity contribution in [2.45, 2.75) is 39.2 Å². The summed E-state index contributed by atoms with van der Waals surface area (Å²) in [7, 11) is 0. The summed E-state index contributed by atoms with van der Waals surface area (Å²) in [5.74, 6) is 1.77. The Morgan fingerprint density at radius 3 is 2.87 bits per heavy atom. The van der Waals surface area contributed by atoms with E-state index in [1.807, 2.05) is 12.4 Å². The standard InChI is InChI=1S/C11H20ClN3/c1-2-15-10-9-14-11(15)13-8-6-4-3-5-7-12/h9-10H,2-8H2,1H3,(H,13,14). The average Bonchev–Trinajstić information content (AvgIpc) is 2.70. The van der Waals surface area contributed by atoms with E-state index < -0.39 is 0 Å². The number of hydrogen-bond donors (Lipinski definition) is 1. The van der Waals surface area contributed by atoms with Crippen LogP contribution < -0.4 is 5.32 Å². The zero-order valence-electron chi connectivity index (χ0n) is 9.38. The summed E-state index contributed by atoms with van der Waals surface area (Å²) in [4.78, 5) is 4.25. The van der Waals surface area contributed by atoms with E-state index in [1.54, 1.807) is 0 Å². The second kappa shape index (κ2) is 7.57. The third kappa shape index (κ3) is 4.56. The van der Waals surface area contributed by atoms with Crippen LogP contribution in [0.15, 0.2) is 12.4 Å². The summed E-state index contributed by atoms with van der Waals surface area (Å²) in [5, 5.41) is 3.34. The second-order valence-corrected chi connectivity index (χ2v) is 3.94. The van der Waals surface area contributed by atoms with Crippen LogP contribution in [0, 0.1) is 0 Å². The maximum absolute atomic E-state index is 5.61. The van der Waals surface area contributed by atoms with Crippen molar-refractivity contribution in [3.05, 3.63) is 12.4 Å². The van der Waals surface area contributed by atoms with E-state index in [2.05, 4.69) is 21.8 Å². The lowest BCUT2D eigenvalue weighted by Crippen LogP contribution is -2.07. The number of nitrogens with zero attached hydrogens (tertiary/aromatic N) is 2. The Kier molecular flexibility index (Phi) is 6.25. The van der Waals surface area contributed by atoms with Gasteiger partial charge in [-0.1, -0.05) is 12.8 Å². The summed E-state index contributed by atoms with van der Waals surface area (Å²) >= 11 is 5.61. The zero-order chi connectivity index (χ0) is 10.9. The number of unbranched alkanes of at least 4 members (excludes halogenated alkanes) is 3. The van der Waals surface area contributed by atoms with Crippen molar-refractivity contribution in [2.24, 2.45) is 0 Å². The van der Waals surface area contributed by atoms with Crippen molar-refractivity contribution in [1.82, 2.24) is 9.55 Å². The molecule has 0 aliphatic rings. The average molecular weight is 230 g/mol. The Balaban J connectivity index is 2.09. The van der Waals surface area contributed by atoms with Gasteiger partial charge in [-0.3, -0.25) is 0 Å². The van der Waals surface area contributed by atoms with Gasteiger partial charge in [-0.15, -0.1) is 11.6 Å². The molecule has 86 valence electrons. The van der Waals surface area contributed by atoms with Crippen molar-refractivity contribution in [2.75, 3.05) is 17.7 Å². The zero-order valence-corrected chi connectivity index (χ0v) is 10.1. The highest BCUT2D eigenvalue weighted by Gasteiger charge is 1.98. The molecule has 0 amide bonds. The van der Waals surface area contributed by atoms with Crippen LogP contribution in [0.5, 0.6) is 0 Å². The van der Waals surface area contributed by atoms with Gasteiger partial charge in [0, 0.05) is 31.4 Å². The van der Waals surface area contributed by atoms with E-state index in [1.165, 1.54) is 19.3 Å². The normalized spacial score (nSPS) is 10.5. The smallest absolute Gasteiger partial charge is 0.202 e. The molecule has 0 saturated carbocycles. The third-order valence-electron chi connectivity index (χ3n) is 2.40. The van der Waals surface area contributed by atoms with Crippen molar-refractivity contribution >= 4 is 17.5 Å². The molecular formula is C11H20ClN3. The van der Waals surface area contributed by atoms with Crippen molar-refractivity contribution in [3.63, 3.8) is 0 Å². The predicted octanol–water partition coefficient (Wildman–Crippen LogP) is 3.11. The highest BCUT2D eigenvalue weighted by atomic mass is 35.5. The van der Waals surface area contributed by atoms with E-state index in [0.29, 0.717) is 0 Å². The first-order valence-electron chi connectivity index (χ1n) is 5.69. The van der Waals surface area contributed by atoms with Gasteiger partial charge in [0.05, 0.1) is 0 Å². The number of anilines is 1. The summed E-state index contributed by atoms with van der Waals surface area (Å²) in [5.41, 5.74) is 0. The van der Waals surface area contributed by atoms with Crippen LogP contribution in [-0.4, -0.2) is 22.0 Å². The van der Waals surface area contributed by atoms with Crippen LogP contribution in [0.1, 0.15) is 32.6 Å². The molecule has 0 spiro atoms. The van der Waals surface area contributed by atoms with Crippen molar-refractivity contribution < 1.29 is 0 Å². The fourth-order valence-corrected chi connectivity index (χ4v) is 1.69. The van der Waals surface area contributed by atoms with Crippen molar-refractivity contribution in [3.8, 4) is 0 Å². The molecule has 0 fully saturated rings. The number of hydrogen-bond acceptors (Lipinski definition) is 2. The summed E-state index contributed by atoms with van der Waals surface area (Å²) in [6.07, 6.45) is 8.62. The number of nitrogens with one attached hydrogen (secondary N) is 1. The third-order valence-corrected chi connectivity index (χ3v) is 2.67. The van der Waals surface area contributed by atoms with Gasteiger partial charge < -0.3 is 9.88 Å².